The highest BCUT2D eigenvalue weighted by molar-refractivity contribution is 8.01. The Balaban J connectivity index is 2.04. The second kappa shape index (κ2) is 6.14. The number of carbonyl (C=O) groups excluding carboxylic acids is 1. The van der Waals surface area contributed by atoms with Gasteiger partial charge in [0.05, 0.1) is 16.5 Å². The van der Waals surface area contributed by atoms with Crippen molar-refractivity contribution < 1.29 is 14.3 Å². The molecule has 0 bridgehead atoms. The molecule has 0 aromatic heterocycles. The minimum Gasteiger partial charge on any atom is -0.486 e. The van der Waals surface area contributed by atoms with Crippen LogP contribution < -0.4 is 14.8 Å². The van der Waals surface area contributed by atoms with Crippen molar-refractivity contribution >= 4 is 35.0 Å². The minimum absolute atomic E-state index is 0.0495. The fourth-order valence-corrected chi connectivity index (χ4v) is 2.47. The Morgan fingerprint density at radius 1 is 1.30 bits per heavy atom. The van der Waals surface area contributed by atoms with Gasteiger partial charge in [0.25, 0.3) is 0 Å². The van der Waals surface area contributed by atoms with Crippen molar-refractivity contribution in [3.05, 3.63) is 17.2 Å². The highest BCUT2D eigenvalue weighted by Crippen LogP contribution is 2.38. The summed E-state index contributed by atoms with van der Waals surface area (Å²) in [5.74, 6) is 1.53. The third kappa shape index (κ3) is 4.21. The summed E-state index contributed by atoms with van der Waals surface area (Å²) in [5.41, 5.74) is 0.551. The Kier molecular flexibility index (Phi) is 4.70. The molecule has 1 heterocycles. The summed E-state index contributed by atoms with van der Waals surface area (Å²) in [4.78, 5) is 11.9. The molecule has 2 rings (SSSR count). The van der Waals surface area contributed by atoms with Gasteiger partial charge < -0.3 is 14.8 Å². The Labute approximate surface area is 128 Å². The zero-order valence-electron chi connectivity index (χ0n) is 11.8. The topological polar surface area (TPSA) is 47.6 Å². The van der Waals surface area contributed by atoms with E-state index in [-0.39, 0.29) is 10.7 Å². The molecule has 110 valence electrons. The second-order valence-corrected chi connectivity index (χ2v) is 7.63. The average Bonchev–Trinajstić information content (AvgIpc) is 2.36. The number of carbonyl (C=O) groups is 1. The van der Waals surface area contributed by atoms with Crippen LogP contribution in [0, 0.1) is 0 Å². The molecule has 6 heteroatoms. The summed E-state index contributed by atoms with van der Waals surface area (Å²) in [6.45, 7) is 7.23. The smallest absolute Gasteiger partial charge is 0.234 e. The maximum atomic E-state index is 11.9. The van der Waals surface area contributed by atoms with Gasteiger partial charge in [-0.25, -0.2) is 0 Å². The lowest BCUT2D eigenvalue weighted by Gasteiger charge is -2.20. The minimum atomic E-state index is -0.0801. The zero-order chi connectivity index (χ0) is 14.8. The maximum absolute atomic E-state index is 11.9. The Bertz CT molecular complexity index is 514. The van der Waals surface area contributed by atoms with Crippen molar-refractivity contribution in [2.24, 2.45) is 0 Å². The largest absolute Gasteiger partial charge is 0.486 e. The molecule has 1 amide bonds. The molecule has 0 saturated carbocycles. The second-order valence-electron chi connectivity index (χ2n) is 5.42. The van der Waals surface area contributed by atoms with Gasteiger partial charge in [-0.3, -0.25) is 4.79 Å². The maximum Gasteiger partial charge on any atom is 0.234 e. The summed E-state index contributed by atoms with van der Waals surface area (Å²) >= 11 is 7.72. The lowest BCUT2D eigenvalue weighted by molar-refractivity contribution is -0.113. The van der Waals surface area contributed by atoms with E-state index >= 15 is 0 Å². The first-order chi connectivity index (χ1) is 9.35. The van der Waals surface area contributed by atoms with E-state index in [0.29, 0.717) is 41.2 Å². The van der Waals surface area contributed by atoms with Crippen LogP contribution in [0.4, 0.5) is 5.69 Å². The first kappa shape index (κ1) is 15.3. The molecule has 1 aliphatic rings. The first-order valence-corrected chi connectivity index (χ1v) is 7.74. The third-order valence-electron chi connectivity index (χ3n) is 2.54. The Hall–Kier alpha value is -1.07. The van der Waals surface area contributed by atoms with E-state index in [0.717, 1.165) is 0 Å². The molecule has 20 heavy (non-hydrogen) atoms. The lowest BCUT2D eigenvalue weighted by atomic mass is 10.2. The lowest BCUT2D eigenvalue weighted by Crippen LogP contribution is -2.20. The highest BCUT2D eigenvalue weighted by atomic mass is 35.5. The van der Waals surface area contributed by atoms with Gasteiger partial charge in [-0.15, -0.1) is 11.8 Å². The summed E-state index contributed by atoms with van der Waals surface area (Å²) in [6.07, 6.45) is 0. The predicted molar refractivity (Wildman–Crippen MR) is 83.3 cm³/mol. The third-order valence-corrected chi connectivity index (χ3v) is 4.13. The summed E-state index contributed by atoms with van der Waals surface area (Å²) in [5, 5.41) is 3.25. The molecule has 0 saturated heterocycles. The van der Waals surface area contributed by atoms with Crippen molar-refractivity contribution in [2.45, 2.75) is 25.5 Å². The molecule has 1 N–H and O–H groups in total. The van der Waals surface area contributed by atoms with Crippen LogP contribution >= 0.6 is 23.4 Å². The van der Waals surface area contributed by atoms with E-state index in [1.54, 1.807) is 23.9 Å². The summed E-state index contributed by atoms with van der Waals surface area (Å²) < 4.78 is 11.0. The van der Waals surface area contributed by atoms with E-state index in [1.807, 2.05) is 0 Å². The molecule has 1 aromatic rings. The van der Waals surface area contributed by atoms with Crippen LogP contribution in [0.2, 0.25) is 5.02 Å². The zero-order valence-corrected chi connectivity index (χ0v) is 13.4. The molecular formula is C14H18ClNO3S. The number of thioether (sulfide) groups is 1. The van der Waals surface area contributed by atoms with Crippen LogP contribution in [0.15, 0.2) is 12.1 Å². The number of halogens is 1. The van der Waals surface area contributed by atoms with Gasteiger partial charge >= 0.3 is 0 Å². The van der Waals surface area contributed by atoms with Crippen molar-refractivity contribution in [3.8, 4) is 11.5 Å². The van der Waals surface area contributed by atoms with Crippen LogP contribution in [-0.2, 0) is 4.79 Å². The van der Waals surface area contributed by atoms with Crippen molar-refractivity contribution in [1.82, 2.24) is 0 Å². The standard InChI is InChI=1S/C14H18ClNO3S/c1-14(2,3)20-8-13(17)16-10-7-12-11(6-9(10)15)18-4-5-19-12/h6-7H,4-5,8H2,1-3H3,(H,16,17). The normalized spacial score (nSPS) is 14.0. The van der Waals surface area contributed by atoms with E-state index in [2.05, 4.69) is 26.1 Å². The van der Waals surface area contributed by atoms with Gasteiger partial charge in [0, 0.05) is 16.9 Å². The molecule has 0 fully saturated rings. The summed E-state index contributed by atoms with van der Waals surface area (Å²) in [6, 6.07) is 3.37. The van der Waals surface area contributed by atoms with E-state index in [9.17, 15) is 4.79 Å². The number of hydrogen-bond acceptors (Lipinski definition) is 4. The molecule has 0 radical (unpaired) electrons. The van der Waals surface area contributed by atoms with E-state index in [4.69, 9.17) is 21.1 Å². The van der Waals surface area contributed by atoms with E-state index in [1.165, 1.54) is 0 Å². The van der Waals surface area contributed by atoms with Gasteiger partial charge in [-0.05, 0) is 0 Å². The van der Waals surface area contributed by atoms with Crippen LogP contribution in [-0.4, -0.2) is 29.6 Å². The Morgan fingerprint density at radius 2 is 1.90 bits per heavy atom. The van der Waals surface area contributed by atoms with Crippen molar-refractivity contribution in [2.75, 3.05) is 24.3 Å². The number of nitrogens with one attached hydrogen (secondary N) is 1. The Morgan fingerprint density at radius 3 is 2.50 bits per heavy atom. The summed E-state index contributed by atoms with van der Waals surface area (Å²) in [7, 11) is 0. The van der Waals surface area contributed by atoms with Crippen molar-refractivity contribution in [3.63, 3.8) is 0 Å². The van der Waals surface area contributed by atoms with Crippen LogP contribution in [0.3, 0.4) is 0 Å². The number of anilines is 1. The quantitative estimate of drug-likeness (QED) is 0.926. The van der Waals surface area contributed by atoms with Crippen LogP contribution in [0.5, 0.6) is 11.5 Å². The van der Waals surface area contributed by atoms with Gasteiger partial charge in [-0.2, -0.15) is 0 Å². The number of ether oxygens (including phenoxy) is 2. The molecule has 1 aromatic carbocycles. The average molecular weight is 316 g/mol. The number of benzene rings is 1. The molecule has 0 spiro atoms. The van der Waals surface area contributed by atoms with Gasteiger partial charge in [-0.1, -0.05) is 32.4 Å². The first-order valence-electron chi connectivity index (χ1n) is 6.38. The van der Waals surface area contributed by atoms with Crippen LogP contribution in [0.25, 0.3) is 0 Å². The van der Waals surface area contributed by atoms with Gasteiger partial charge in [0.1, 0.15) is 13.2 Å². The van der Waals surface area contributed by atoms with Gasteiger partial charge in [0.15, 0.2) is 11.5 Å². The number of hydrogen-bond donors (Lipinski definition) is 1. The monoisotopic (exact) mass is 315 g/mol. The fraction of sp³-hybridized carbons (Fsp3) is 0.500. The van der Waals surface area contributed by atoms with Crippen molar-refractivity contribution in [1.29, 1.82) is 0 Å². The molecule has 0 atom stereocenters. The van der Waals surface area contributed by atoms with Crippen LogP contribution in [0.1, 0.15) is 20.8 Å². The van der Waals surface area contributed by atoms with Gasteiger partial charge in [0.2, 0.25) is 5.91 Å². The number of fused-ring (bicyclic) bond motifs is 1. The molecule has 0 unspecified atom stereocenters. The number of amides is 1. The molecular weight excluding hydrogens is 298 g/mol. The number of rotatable bonds is 3. The molecule has 1 aliphatic heterocycles. The fourth-order valence-electron chi connectivity index (χ4n) is 1.63. The predicted octanol–water partition coefficient (Wildman–Crippen LogP) is 3.58. The molecule has 0 aliphatic carbocycles. The molecule has 4 nitrogen and oxygen atoms in total. The highest BCUT2D eigenvalue weighted by Gasteiger charge is 2.18. The van der Waals surface area contributed by atoms with E-state index < -0.39 is 0 Å². The SMILES string of the molecule is CC(C)(C)SCC(=O)Nc1cc2c(cc1Cl)OCCO2.